The minimum Gasteiger partial charge on any atom is -0.486 e. The van der Waals surface area contributed by atoms with Crippen LogP contribution in [-0.4, -0.2) is 77.7 Å². The van der Waals surface area contributed by atoms with Crippen molar-refractivity contribution in [1.82, 2.24) is 14.2 Å². The van der Waals surface area contributed by atoms with E-state index in [-0.39, 0.29) is 23.7 Å². The summed E-state index contributed by atoms with van der Waals surface area (Å²) in [4.78, 5) is 22.0. The number of anilines is 1. The fourth-order valence-electron chi connectivity index (χ4n) is 5.83. The van der Waals surface area contributed by atoms with E-state index in [1.807, 2.05) is 67.2 Å². The number of aromatic nitrogens is 1. The fourth-order valence-corrected chi connectivity index (χ4v) is 7.01. The summed E-state index contributed by atoms with van der Waals surface area (Å²) < 4.78 is 14.7. The van der Waals surface area contributed by atoms with Crippen molar-refractivity contribution in [1.29, 1.82) is 0 Å². The maximum atomic E-state index is 13.3. The average molecular weight is 545 g/mol. The largest absolute Gasteiger partial charge is 0.486 e. The quantitative estimate of drug-likeness (QED) is 0.380. The standard InChI is InChI=1S/C31H36N4O3S/c1-22-10-11-23(2)26(15-22)30(36)33-17-27(37-3)28(18-33)38-25-8-6-7-24(16-25)19-39-35-14-12-31(35)20-34(21-31)29-9-4-5-13-32-29/h4-11,13,15-16,27-28H,12,14,17-21H2,1-3H3. The normalized spacial score (nSPS) is 22.0. The van der Waals surface area contributed by atoms with Gasteiger partial charge < -0.3 is 19.3 Å². The van der Waals surface area contributed by atoms with Crippen LogP contribution in [0.1, 0.15) is 33.5 Å². The average Bonchev–Trinajstić information content (AvgIpc) is 3.32. The van der Waals surface area contributed by atoms with Crippen LogP contribution < -0.4 is 9.64 Å². The molecule has 1 amide bonds. The smallest absolute Gasteiger partial charge is 0.254 e. The molecule has 0 radical (unpaired) electrons. The number of carbonyl (C=O) groups excluding carboxylic acids is 1. The zero-order chi connectivity index (χ0) is 27.0. The number of methoxy groups -OCH3 is 1. The molecule has 39 heavy (non-hydrogen) atoms. The third-order valence-electron chi connectivity index (χ3n) is 8.25. The first kappa shape index (κ1) is 26.2. The summed E-state index contributed by atoms with van der Waals surface area (Å²) in [7, 11) is 1.69. The van der Waals surface area contributed by atoms with Gasteiger partial charge in [-0.15, -0.1) is 0 Å². The molecule has 4 heterocycles. The number of hydrogen-bond donors (Lipinski definition) is 0. The molecule has 204 valence electrons. The number of amides is 1. The van der Waals surface area contributed by atoms with Crippen LogP contribution in [0.25, 0.3) is 0 Å². The van der Waals surface area contributed by atoms with Crippen molar-refractivity contribution < 1.29 is 14.3 Å². The van der Waals surface area contributed by atoms with Gasteiger partial charge in [-0.2, -0.15) is 0 Å². The van der Waals surface area contributed by atoms with Gasteiger partial charge in [-0.1, -0.05) is 47.8 Å². The fraction of sp³-hybridized carbons (Fsp3) is 0.419. The molecule has 3 aromatic rings. The van der Waals surface area contributed by atoms with E-state index in [1.54, 1.807) is 7.11 Å². The van der Waals surface area contributed by atoms with Crippen molar-refractivity contribution in [2.75, 3.05) is 44.7 Å². The lowest BCUT2D eigenvalue weighted by Crippen LogP contribution is -2.75. The maximum absolute atomic E-state index is 13.3. The first-order valence-corrected chi connectivity index (χ1v) is 14.6. The first-order valence-electron chi connectivity index (χ1n) is 13.7. The first-order chi connectivity index (χ1) is 18.9. The zero-order valence-electron chi connectivity index (χ0n) is 22.9. The Bertz CT molecular complexity index is 1330. The van der Waals surface area contributed by atoms with E-state index in [4.69, 9.17) is 9.47 Å². The Morgan fingerprint density at radius 2 is 1.90 bits per heavy atom. The van der Waals surface area contributed by atoms with Gasteiger partial charge in [0.15, 0.2) is 0 Å². The third-order valence-corrected chi connectivity index (χ3v) is 9.60. The van der Waals surface area contributed by atoms with Gasteiger partial charge in [0, 0.05) is 44.3 Å². The molecule has 6 rings (SSSR count). The number of aryl methyl sites for hydroxylation is 2. The van der Waals surface area contributed by atoms with E-state index in [1.165, 1.54) is 12.0 Å². The number of hydrogen-bond acceptors (Lipinski definition) is 7. The van der Waals surface area contributed by atoms with Crippen molar-refractivity contribution in [2.24, 2.45) is 0 Å². The molecule has 2 atom stereocenters. The summed E-state index contributed by atoms with van der Waals surface area (Å²) in [5.74, 6) is 2.83. The number of rotatable bonds is 8. The highest BCUT2D eigenvalue weighted by Crippen LogP contribution is 2.45. The van der Waals surface area contributed by atoms with Crippen LogP contribution in [0.2, 0.25) is 0 Å². The van der Waals surface area contributed by atoms with Crippen LogP contribution in [0.3, 0.4) is 0 Å². The molecular weight excluding hydrogens is 508 g/mol. The van der Waals surface area contributed by atoms with Gasteiger partial charge in [-0.25, -0.2) is 9.29 Å². The van der Waals surface area contributed by atoms with Crippen LogP contribution in [0.4, 0.5) is 5.82 Å². The second-order valence-corrected chi connectivity index (χ2v) is 12.0. The maximum Gasteiger partial charge on any atom is 0.254 e. The topological polar surface area (TPSA) is 58.1 Å². The van der Waals surface area contributed by atoms with Crippen LogP contribution in [0.15, 0.2) is 66.9 Å². The molecule has 3 saturated heterocycles. The summed E-state index contributed by atoms with van der Waals surface area (Å²) in [6.45, 7) is 8.23. The monoisotopic (exact) mass is 544 g/mol. The number of ether oxygens (including phenoxy) is 2. The van der Waals surface area contributed by atoms with Gasteiger partial charge in [0.2, 0.25) is 0 Å². The predicted octanol–water partition coefficient (Wildman–Crippen LogP) is 4.73. The van der Waals surface area contributed by atoms with Crippen molar-refractivity contribution in [3.8, 4) is 5.75 Å². The third kappa shape index (κ3) is 5.25. The van der Waals surface area contributed by atoms with Gasteiger partial charge >= 0.3 is 0 Å². The molecule has 2 aromatic carbocycles. The Hall–Kier alpha value is -3.07. The van der Waals surface area contributed by atoms with E-state index >= 15 is 0 Å². The molecule has 1 spiro atoms. The molecule has 0 saturated carbocycles. The van der Waals surface area contributed by atoms with Gasteiger partial charge in [0.1, 0.15) is 23.8 Å². The number of nitrogens with zero attached hydrogens (tertiary/aromatic N) is 4. The van der Waals surface area contributed by atoms with Crippen molar-refractivity contribution >= 4 is 23.7 Å². The second kappa shape index (κ2) is 10.8. The predicted molar refractivity (Wildman–Crippen MR) is 155 cm³/mol. The number of benzene rings is 2. The lowest BCUT2D eigenvalue weighted by Gasteiger charge is -2.62. The highest BCUT2D eigenvalue weighted by Gasteiger charge is 2.54. The molecule has 8 heteroatoms. The Morgan fingerprint density at radius 1 is 1.05 bits per heavy atom. The molecule has 1 aromatic heterocycles. The molecule has 3 fully saturated rings. The molecule has 3 aliphatic heterocycles. The van der Waals surface area contributed by atoms with E-state index in [2.05, 4.69) is 44.5 Å². The van der Waals surface area contributed by atoms with E-state index in [0.717, 1.165) is 53.6 Å². The van der Waals surface area contributed by atoms with Gasteiger partial charge in [0.25, 0.3) is 5.91 Å². The number of pyridine rings is 1. The van der Waals surface area contributed by atoms with E-state index in [0.29, 0.717) is 13.1 Å². The Morgan fingerprint density at radius 3 is 2.64 bits per heavy atom. The van der Waals surface area contributed by atoms with Gasteiger partial charge in [0.05, 0.1) is 18.6 Å². The molecule has 0 aliphatic carbocycles. The summed E-state index contributed by atoms with van der Waals surface area (Å²) in [5, 5.41) is 0. The number of likely N-dealkylation sites (tertiary alicyclic amines) is 1. The van der Waals surface area contributed by atoms with Gasteiger partial charge in [-0.05, 0) is 61.7 Å². The van der Waals surface area contributed by atoms with Gasteiger partial charge in [-0.3, -0.25) is 4.79 Å². The minimum atomic E-state index is -0.210. The van der Waals surface area contributed by atoms with E-state index in [9.17, 15) is 4.79 Å². The Kier molecular flexibility index (Phi) is 7.27. The van der Waals surface area contributed by atoms with Crippen LogP contribution in [0, 0.1) is 13.8 Å². The van der Waals surface area contributed by atoms with Crippen molar-refractivity contribution in [3.05, 3.63) is 89.1 Å². The Labute approximate surface area is 235 Å². The highest BCUT2D eigenvalue weighted by molar-refractivity contribution is 7.96. The van der Waals surface area contributed by atoms with Crippen LogP contribution in [0.5, 0.6) is 5.75 Å². The van der Waals surface area contributed by atoms with Crippen molar-refractivity contribution in [2.45, 2.75) is 43.8 Å². The molecular formula is C31H36N4O3S. The molecule has 7 nitrogen and oxygen atoms in total. The summed E-state index contributed by atoms with van der Waals surface area (Å²) in [6.07, 6.45) is 2.73. The van der Waals surface area contributed by atoms with Crippen LogP contribution in [-0.2, 0) is 10.5 Å². The molecule has 0 bridgehead atoms. The second-order valence-electron chi connectivity index (χ2n) is 11.0. The van der Waals surface area contributed by atoms with Crippen molar-refractivity contribution in [3.63, 3.8) is 0 Å². The summed E-state index contributed by atoms with van der Waals surface area (Å²) in [5.41, 5.74) is 4.33. The lowest BCUT2D eigenvalue weighted by atomic mass is 9.80. The zero-order valence-corrected chi connectivity index (χ0v) is 23.7. The van der Waals surface area contributed by atoms with E-state index < -0.39 is 0 Å². The SMILES string of the molecule is COC1CN(C(=O)c2cc(C)ccc2C)CC1Oc1cccc(CSN2CCC23CN(c2ccccn2)C3)c1. The summed E-state index contributed by atoms with van der Waals surface area (Å²) in [6, 6.07) is 20.5. The number of carbonyl (C=O) groups is 1. The molecule has 0 N–H and O–H groups in total. The molecule has 2 unspecified atom stereocenters. The van der Waals surface area contributed by atoms with Crippen LogP contribution >= 0.6 is 11.9 Å². The highest BCUT2D eigenvalue weighted by atomic mass is 32.2. The molecule has 3 aliphatic rings. The summed E-state index contributed by atoms with van der Waals surface area (Å²) >= 11 is 1.91. The minimum absolute atomic E-state index is 0.0376. The Balaban J connectivity index is 1.05. The lowest BCUT2D eigenvalue weighted by molar-refractivity contribution is 0.0339.